The van der Waals surface area contributed by atoms with Gasteiger partial charge >= 0.3 is 0 Å². The highest BCUT2D eigenvalue weighted by Gasteiger charge is 2.17. The molecular formula is C7H13O3. The van der Waals surface area contributed by atoms with Gasteiger partial charge in [-0.2, -0.15) is 0 Å². The van der Waals surface area contributed by atoms with Crippen LogP contribution in [0.4, 0.5) is 0 Å². The third kappa shape index (κ3) is 4.47. The molecule has 0 saturated heterocycles. The van der Waals surface area contributed by atoms with Crippen molar-refractivity contribution in [1.82, 2.24) is 0 Å². The highest BCUT2D eigenvalue weighted by Crippen LogP contribution is 2.08. The summed E-state index contributed by atoms with van der Waals surface area (Å²) in [6.07, 6.45) is -0.252. The van der Waals surface area contributed by atoms with E-state index in [4.69, 9.17) is 4.74 Å². The summed E-state index contributed by atoms with van der Waals surface area (Å²) in [7, 11) is 0. The summed E-state index contributed by atoms with van der Waals surface area (Å²) >= 11 is 0. The van der Waals surface area contributed by atoms with Crippen molar-refractivity contribution in [2.45, 2.75) is 32.5 Å². The van der Waals surface area contributed by atoms with Gasteiger partial charge in [-0.25, -0.2) is 5.11 Å². The van der Waals surface area contributed by atoms with E-state index in [-0.39, 0.29) is 0 Å². The molecular weight excluding hydrogens is 132 g/mol. The first-order chi connectivity index (χ1) is 4.49. The van der Waals surface area contributed by atoms with Crippen LogP contribution < -0.4 is 0 Å². The van der Waals surface area contributed by atoms with Crippen molar-refractivity contribution in [3.8, 4) is 0 Å². The molecule has 0 heterocycles. The average molecular weight is 145 g/mol. The monoisotopic (exact) mass is 145 g/mol. The molecule has 0 rings (SSSR count). The molecule has 0 aliphatic carbocycles. The second-order valence-corrected chi connectivity index (χ2v) is 3.07. The van der Waals surface area contributed by atoms with Gasteiger partial charge in [0, 0.05) is 0 Å². The van der Waals surface area contributed by atoms with Crippen LogP contribution in [-0.2, 0) is 14.6 Å². The fraction of sp³-hybridized carbons (Fsp3) is 0.857. The predicted octanol–water partition coefficient (Wildman–Crippen LogP) is 0.799. The van der Waals surface area contributed by atoms with Gasteiger partial charge in [0.2, 0.25) is 0 Å². The molecule has 0 N–H and O–H groups in total. The largest absolute Gasteiger partial charge is 0.363 e. The molecule has 3 nitrogen and oxygen atoms in total. The van der Waals surface area contributed by atoms with Crippen molar-refractivity contribution in [2.75, 3.05) is 6.61 Å². The van der Waals surface area contributed by atoms with Gasteiger partial charge in [0.25, 0.3) is 0 Å². The second-order valence-electron chi connectivity index (χ2n) is 3.07. The number of aldehydes is 1. The smallest absolute Gasteiger partial charge is 0.151 e. The van der Waals surface area contributed by atoms with Crippen molar-refractivity contribution in [2.24, 2.45) is 0 Å². The number of rotatable bonds is 3. The van der Waals surface area contributed by atoms with Crippen LogP contribution in [0, 0.1) is 0 Å². The number of carbonyl (C=O) groups is 1. The van der Waals surface area contributed by atoms with E-state index < -0.39 is 18.3 Å². The average Bonchev–Trinajstić information content (AvgIpc) is 1.81. The first kappa shape index (κ1) is 9.59. The number of ether oxygens (including phenoxy) is 1. The summed E-state index contributed by atoms with van der Waals surface area (Å²) in [4.78, 5) is 10.1. The van der Waals surface area contributed by atoms with Gasteiger partial charge in [-0.3, -0.25) is 0 Å². The summed E-state index contributed by atoms with van der Waals surface area (Å²) in [6.45, 7) is 4.91. The Balaban J connectivity index is 3.74. The normalized spacial score (nSPS) is 14.8. The molecule has 10 heavy (non-hydrogen) atoms. The van der Waals surface area contributed by atoms with E-state index in [0.717, 1.165) is 0 Å². The molecule has 0 aromatic carbocycles. The maximum atomic E-state index is 10.2. The molecule has 0 aliphatic rings. The zero-order valence-corrected chi connectivity index (χ0v) is 6.59. The molecule has 0 amide bonds. The third-order valence-corrected chi connectivity index (χ3v) is 0.821. The van der Waals surface area contributed by atoms with E-state index in [2.05, 4.69) is 0 Å². The molecule has 1 radical (unpaired) electrons. The number of carbonyl (C=O) groups excluding carboxylic acids is 1. The van der Waals surface area contributed by atoms with E-state index in [1.165, 1.54) is 0 Å². The molecule has 0 aromatic heterocycles. The maximum absolute atomic E-state index is 10.2. The van der Waals surface area contributed by atoms with Crippen LogP contribution in [0.5, 0.6) is 0 Å². The lowest BCUT2D eigenvalue weighted by Gasteiger charge is -2.22. The molecule has 0 spiro atoms. The Morgan fingerprint density at radius 1 is 1.50 bits per heavy atom. The molecule has 0 fully saturated rings. The van der Waals surface area contributed by atoms with E-state index in [0.29, 0.717) is 6.29 Å². The van der Waals surface area contributed by atoms with Gasteiger partial charge in [-0.15, -0.1) is 0 Å². The Labute approximate surface area is 61.0 Å². The summed E-state index contributed by atoms with van der Waals surface area (Å²) in [6, 6.07) is 0. The summed E-state index contributed by atoms with van der Waals surface area (Å²) in [5.41, 5.74) is -0.407. The molecule has 0 saturated carbocycles. The topological polar surface area (TPSA) is 46.2 Å². The minimum absolute atomic E-state index is 0.407. The zero-order chi connectivity index (χ0) is 8.20. The SMILES string of the molecule is CC(C)(C)OC(C=O)C[O]. The van der Waals surface area contributed by atoms with Crippen LogP contribution >= 0.6 is 0 Å². The van der Waals surface area contributed by atoms with Crippen LogP contribution in [0.2, 0.25) is 0 Å². The second kappa shape index (κ2) is 3.68. The van der Waals surface area contributed by atoms with Crippen molar-refractivity contribution >= 4 is 6.29 Å². The summed E-state index contributed by atoms with van der Waals surface area (Å²) in [5, 5.41) is 10.2. The maximum Gasteiger partial charge on any atom is 0.151 e. The standard InChI is InChI=1S/C7H13O3/c1-7(2,3)10-6(4-8)5-9/h4,6H,5H2,1-3H3. The molecule has 59 valence electrons. The quantitative estimate of drug-likeness (QED) is 0.551. The predicted molar refractivity (Wildman–Crippen MR) is 36.2 cm³/mol. The molecule has 3 heteroatoms. The van der Waals surface area contributed by atoms with Crippen molar-refractivity contribution in [3.05, 3.63) is 0 Å². The van der Waals surface area contributed by atoms with Crippen LogP contribution in [0.25, 0.3) is 0 Å². The highest BCUT2D eigenvalue weighted by atomic mass is 16.5. The van der Waals surface area contributed by atoms with Crippen molar-refractivity contribution in [1.29, 1.82) is 0 Å². The van der Waals surface area contributed by atoms with Gasteiger partial charge in [-0.05, 0) is 20.8 Å². The van der Waals surface area contributed by atoms with E-state index in [1.54, 1.807) is 20.8 Å². The van der Waals surface area contributed by atoms with Gasteiger partial charge in [-0.1, -0.05) is 0 Å². The van der Waals surface area contributed by atoms with Gasteiger partial charge in [0.05, 0.1) is 5.60 Å². The van der Waals surface area contributed by atoms with Gasteiger partial charge in [0.1, 0.15) is 12.7 Å². The van der Waals surface area contributed by atoms with Gasteiger partial charge < -0.3 is 9.53 Å². The minimum atomic E-state index is -0.792. The fourth-order valence-corrected chi connectivity index (χ4v) is 0.555. The van der Waals surface area contributed by atoms with Crippen molar-refractivity contribution in [3.63, 3.8) is 0 Å². The molecule has 1 atom stereocenters. The van der Waals surface area contributed by atoms with Crippen LogP contribution in [0.3, 0.4) is 0 Å². The van der Waals surface area contributed by atoms with E-state index >= 15 is 0 Å². The highest BCUT2D eigenvalue weighted by molar-refractivity contribution is 5.56. The lowest BCUT2D eigenvalue weighted by atomic mass is 10.2. The molecule has 0 aromatic rings. The molecule has 0 aliphatic heterocycles. The van der Waals surface area contributed by atoms with Crippen LogP contribution in [0.1, 0.15) is 20.8 Å². The lowest BCUT2D eigenvalue weighted by Crippen LogP contribution is -2.30. The van der Waals surface area contributed by atoms with E-state index in [1.807, 2.05) is 0 Å². The minimum Gasteiger partial charge on any atom is -0.363 e. The first-order valence-corrected chi connectivity index (χ1v) is 3.21. The third-order valence-electron chi connectivity index (χ3n) is 0.821. The number of hydrogen-bond donors (Lipinski definition) is 0. The van der Waals surface area contributed by atoms with Crippen molar-refractivity contribution < 1.29 is 14.6 Å². The Kier molecular flexibility index (Phi) is 3.53. The Morgan fingerprint density at radius 3 is 2.10 bits per heavy atom. The van der Waals surface area contributed by atoms with Crippen LogP contribution in [-0.4, -0.2) is 24.6 Å². The summed E-state index contributed by atoms with van der Waals surface area (Å²) in [5.74, 6) is 0. The fourth-order valence-electron chi connectivity index (χ4n) is 0.555. The molecule has 1 unspecified atom stereocenters. The Hall–Kier alpha value is -0.410. The van der Waals surface area contributed by atoms with E-state index in [9.17, 15) is 9.90 Å². The Bertz CT molecular complexity index is 104. The first-order valence-electron chi connectivity index (χ1n) is 3.21. The van der Waals surface area contributed by atoms with Crippen LogP contribution in [0.15, 0.2) is 0 Å². The summed E-state index contributed by atoms with van der Waals surface area (Å²) < 4.78 is 5.06. The number of hydrogen-bond acceptors (Lipinski definition) is 2. The lowest BCUT2D eigenvalue weighted by molar-refractivity contribution is -0.134. The Morgan fingerprint density at radius 2 is 2.00 bits per heavy atom. The van der Waals surface area contributed by atoms with Gasteiger partial charge in [0.15, 0.2) is 6.29 Å². The zero-order valence-electron chi connectivity index (χ0n) is 6.59. The molecule has 0 bridgehead atoms.